The third-order valence-electron chi connectivity index (χ3n) is 12.5. The van der Waals surface area contributed by atoms with E-state index in [1.165, 1.54) is 46.3 Å². The summed E-state index contributed by atoms with van der Waals surface area (Å²) in [6, 6.07) is 40.9. The number of likely N-dealkylation sites (N-methyl/N-ethyl adjacent to an activating group) is 2. The quantitative estimate of drug-likeness (QED) is 0.0700. The largest absolute Gasteiger partial charge is 0.457 e. The summed E-state index contributed by atoms with van der Waals surface area (Å²) >= 11 is 0. The molecule has 0 fully saturated rings. The molecule has 1 atom stereocenters. The van der Waals surface area contributed by atoms with Crippen LogP contribution in [0, 0.1) is 11.6 Å². The van der Waals surface area contributed by atoms with E-state index in [4.69, 9.17) is 9.47 Å². The molecule has 0 spiro atoms. The number of aliphatic hydroxyl groups excluding tert-OH is 2. The number of aromatic nitrogens is 2. The Hall–Kier alpha value is -6.56. The summed E-state index contributed by atoms with van der Waals surface area (Å²) in [6.45, 7) is 20.4. The lowest BCUT2D eigenvalue weighted by Crippen LogP contribution is -2.26. The summed E-state index contributed by atoms with van der Waals surface area (Å²) < 4.78 is 42.5. The Morgan fingerprint density at radius 2 is 0.912 bits per heavy atom. The second-order valence-corrected chi connectivity index (χ2v) is 16.9. The molecule has 8 nitrogen and oxygen atoms in total. The predicted octanol–water partition coefficient (Wildman–Crippen LogP) is 12.8. The van der Waals surface area contributed by atoms with Crippen LogP contribution in [0.25, 0.3) is 44.1 Å². The number of rotatable bonds is 21. The first-order valence-corrected chi connectivity index (χ1v) is 23.8. The summed E-state index contributed by atoms with van der Waals surface area (Å²) in [5, 5.41) is 21.9. The van der Waals surface area contributed by atoms with Crippen LogP contribution in [-0.2, 0) is 25.9 Å². The van der Waals surface area contributed by atoms with Gasteiger partial charge in [-0.05, 0) is 163 Å². The Balaban J connectivity index is 0.000000202. The van der Waals surface area contributed by atoms with Gasteiger partial charge >= 0.3 is 0 Å². The van der Waals surface area contributed by atoms with E-state index in [1.54, 1.807) is 24.3 Å². The van der Waals surface area contributed by atoms with Crippen molar-refractivity contribution in [3.05, 3.63) is 181 Å². The van der Waals surface area contributed by atoms with Crippen molar-refractivity contribution < 1.29 is 28.5 Å². The summed E-state index contributed by atoms with van der Waals surface area (Å²) in [7, 11) is 0. The van der Waals surface area contributed by atoms with Gasteiger partial charge in [0.05, 0.1) is 12.7 Å². The van der Waals surface area contributed by atoms with Crippen molar-refractivity contribution in [2.24, 2.45) is 0 Å². The van der Waals surface area contributed by atoms with Gasteiger partial charge in [0.1, 0.15) is 34.6 Å². The molecule has 0 saturated carbocycles. The van der Waals surface area contributed by atoms with Crippen molar-refractivity contribution in [1.82, 2.24) is 18.9 Å². The number of nitrogens with zero attached hydrogens (tertiary/aromatic N) is 4. The van der Waals surface area contributed by atoms with Gasteiger partial charge in [-0.3, -0.25) is 0 Å². The summed E-state index contributed by atoms with van der Waals surface area (Å²) in [5.74, 6) is 2.03. The van der Waals surface area contributed by atoms with E-state index < -0.39 is 6.10 Å². The zero-order chi connectivity index (χ0) is 48.0. The maximum Gasteiger partial charge on any atom is 0.127 e. The molecule has 354 valence electrons. The molecule has 2 aromatic heterocycles. The SMILES string of the molecule is C=CCc1cn(CCN(CC)CC)c2ccc(-c3ccc(Oc4ccc(F)cc4)cc3)cc12.CCN(CC)CCn1cc(C[C@H](O)CO)c2cc(-c3ccc(Oc4ccc(F)cc4)cc3)ccc21. The van der Waals surface area contributed by atoms with Gasteiger partial charge in [-0.2, -0.15) is 0 Å². The van der Waals surface area contributed by atoms with Crippen LogP contribution in [0.4, 0.5) is 8.78 Å². The lowest BCUT2D eigenvalue weighted by Gasteiger charge is -2.18. The molecule has 0 amide bonds. The third kappa shape index (κ3) is 12.7. The van der Waals surface area contributed by atoms with E-state index >= 15 is 0 Å². The minimum atomic E-state index is -0.789. The van der Waals surface area contributed by atoms with Crippen molar-refractivity contribution in [2.75, 3.05) is 45.9 Å². The van der Waals surface area contributed by atoms with Crippen molar-refractivity contribution in [2.45, 2.75) is 59.7 Å². The normalized spacial score (nSPS) is 11.9. The summed E-state index contributed by atoms with van der Waals surface area (Å²) in [5.41, 5.74) is 9.12. The van der Waals surface area contributed by atoms with Crippen molar-refractivity contribution in [3.8, 4) is 45.3 Å². The van der Waals surface area contributed by atoms with Crippen molar-refractivity contribution in [3.63, 3.8) is 0 Å². The first-order chi connectivity index (χ1) is 33.1. The molecule has 6 aromatic carbocycles. The van der Waals surface area contributed by atoms with Gasteiger partial charge in [-0.25, -0.2) is 8.78 Å². The third-order valence-corrected chi connectivity index (χ3v) is 12.5. The summed E-state index contributed by atoms with van der Waals surface area (Å²) in [6.07, 6.45) is 6.82. The van der Waals surface area contributed by atoms with Crippen LogP contribution in [-0.4, -0.2) is 81.1 Å². The molecule has 0 unspecified atom stereocenters. The fourth-order valence-corrected chi connectivity index (χ4v) is 8.56. The molecule has 0 bridgehead atoms. The zero-order valence-corrected chi connectivity index (χ0v) is 39.8. The topological polar surface area (TPSA) is 75.3 Å². The molecule has 0 aliphatic carbocycles. The zero-order valence-electron chi connectivity index (χ0n) is 39.8. The smallest absolute Gasteiger partial charge is 0.127 e. The van der Waals surface area contributed by atoms with Crippen molar-refractivity contribution >= 4 is 21.8 Å². The molecule has 0 aliphatic heterocycles. The average Bonchev–Trinajstić information content (AvgIpc) is 3.90. The van der Waals surface area contributed by atoms with E-state index in [9.17, 15) is 19.0 Å². The molecule has 2 heterocycles. The molecule has 8 rings (SSSR count). The fraction of sp³-hybridized carbons (Fsp3) is 0.276. The standard InChI is InChI=1S/C29H33FN2O3.C29H31FN2O/c1-3-31(4-2)15-16-32-19-23(17-25(34)20-33)28-18-22(7-14-29(28)32)21-5-10-26(11-6-21)35-27-12-8-24(30)9-13-27;1-4-7-24-21-32(19-18-31(5-2)6-3)29-17-10-23(20-28(24)29)22-8-13-26(14-9-22)33-27-15-11-25(30)12-16-27/h5-14,18-19,25,33-34H,3-4,15-17,20H2,1-2H3;4,8-17,20-21H,1,5-7,18-19H2,2-3H3/t25-;/m0./s1. The Morgan fingerprint density at radius 3 is 1.29 bits per heavy atom. The van der Waals surface area contributed by atoms with Gasteiger partial charge in [-0.1, -0.05) is 70.2 Å². The van der Waals surface area contributed by atoms with Crippen LogP contribution in [0.2, 0.25) is 0 Å². The second-order valence-electron chi connectivity index (χ2n) is 16.9. The second kappa shape index (κ2) is 23.9. The average molecular weight is 919 g/mol. The Bertz CT molecular complexity index is 2830. The number of aliphatic hydroxyl groups is 2. The molecule has 0 saturated heterocycles. The highest BCUT2D eigenvalue weighted by Crippen LogP contribution is 2.33. The monoisotopic (exact) mass is 918 g/mol. The minimum absolute atomic E-state index is 0.263. The Kier molecular flexibility index (Phi) is 17.4. The van der Waals surface area contributed by atoms with E-state index in [0.717, 1.165) is 97.7 Å². The summed E-state index contributed by atoms with van der Waals surface area (Å²) in [4.78, 5) is 4.83. The number of hydrogen-bond acceptors (Lipinski definition) is 6. The van der Waals surface area contributed by atoms with Gasteiger partial charge in [-0.15, -0.1) is 6.58 Å². The van der Waals surface area contributed by atoms with Gasteiger partial charge in [0.2, 0.25) is 0 Å². The van der Waals surface area contributed by atoms with Gasteiger partial charge in [0, 0.05) is 66.8 Å². The van der Waals surface area contributed by atoms with E-state index in [0.29, 0.717) is 23.7 Å². The molecule has 2 N–H and O–H groups in total. The number of fused-ring (bicyclic) bond motifs is 2. The number of halogens is 2. The molecule has 0 aliphatic rings. The van der Waals surface area contributed by atoms with Crippen LogP contribution >= 0.6 is 0 Å². The predicted molar refractivity (Wildman–Crippen MR) is 274 cm³/mol. The van der Waals surface area contributed by atoms with E-state index in [1.807, 2.05) is 42.5 Å². The lowest BCUT2D eigenvalue weighted by atomic mass is 10.0. The molecule has 10 heteroatoms. The number of allylic oxidation sites excluding steroid dienone is 1. The maximum absolute atomic E-state index is 13.1. The van der Waals surface area contributed by atoms with Gasteiger partial charge in [0.15, 0.2) is 0 Å². The van der Waals surface area contributed by atoms with Crippen LogP contribution < -0.4 is 9.47 Å². The first-order valence-electron chi connectivity index (χ1n) is 23.8. The highest BCUT2D eigenvalue weighted by Gasteiger charge is 2.15. The molecule has 68 heavy (non-hydrogen) atoms. The number of benzene rings is 6. The fourth-order valence-electron chi connectivity index (χ4n) is 8.56. The van der Waals surface area contributed by atoms with Crippen LogP contribution in [0.15, 0.2) is 159 Å². The minimum Gasteiger partial charge on any atom is -0.457 e. The molecular formula is C58H64F2N4O4. The Morgan fingerprint density at radius 1 is 0.544 bits per heavy atom. The molecular weight excluding hydrogens is 855 g/mol. The molecule has 8 aromatic rings. The Labute approximate surface area is 399 Å². The van der Waals surface area contributed by atoms with Crippen molar-refractivity contribution in [1.29, 1.82) is 0 Å². The van der Waals surface area contributed by atoms with Crippen LogP contribution in [0.1, 0.15) is 38.8 Å². The van der Waals surface area contributed by atoms with Gasteiger partial charge in [0.25, 0.3) is 0 Å². The lowest BCUT2D eigenvalue weighted by molar-refractivity contribution is 0.0957. The van der Waals surface area contributed by atoms with Crippen LogP contribution in [0.5, 0.6) is 23.0 Å². The highest BCUT2D eigenvalue weighted by atomic mass is 19.1. The van der Waals surface area contributed by atoms with Gasteiger partial charge < -0.3 is 38.6 Å². The van der Waals surface area contributed by atoms with E-state index in [2.05, 4.69) is 114 Å². The first kappa shape index (κ1) is 49.3. The highest BCUT2D eigenvalue weighted by molar-refractivity contribution is 5.90. The van der Waals surface area contributed by atoms with Crippen LogP contribution in [0.3, 0.4) is 0 Å². The number of hydrogen-bond donors (Lipinski definition) is 2. The number of ether oxygens (including phenoxy) is 2. The van der Waals surface area contributed by atoms with E-state index in [-0.39, 0.29) is 18.2 Å². The molecule has 0 radical (unpaired) electrons. The maximum atomic E-state index is 13.1.